The number of nitrogens with zero attached hydrogens (tertiary/aromatic N) is 4. The van der Waals surface area contributed by atoms with E-state index in [0.717, 1.165) is 42.0 Å². The highest BCUT2D eigenvalue weighted by molar-refractivity contribution is 6.31. The van der Waals surface area contributed by atoms with Gasteiger partial charge in [0.05, 0.1) is 29.6 Å². The molecule has 4 rings (SSSR count). The Morgan fingerprint density at radius 2 is 2.04 bits per heavy atom. The average molecular weight is 399 g/mol. The van der Waals surface area contributed by atoms with Crippen molar-refractivity contribution >= 4 is 11.6 Å². The number of rotatable bonds is 6. The van der Waals surface area contributed by atoms with Gasteiger partial charge in [0.1, 0.15) is 0 Å². The molecular weight excluding hydrogens is 376 g/mol. The zero-order valence-corrected chi connectivity index (χ0v) is 16.6. The molecule has 1 aliphatic heterocycles. The molecule has 0 radical (unpaired) electrons. The van der Waals surface area contributed by atoms with Crippen molar-refractivity contribution in [1.29, 1.82) is 0 Å². The molecule has 146 valence electrons. The van der Waals surface area contributed by atoms with Crippen molar-refractivity contribution in [1.82, 2.24) is 19.2 Å². The molecule has 0 saturated carbocycles. The van der Waals surface area contributed by atoms with Gasteiger partial charge in [0.15, 0.2) is 0 Å². The number of ether oxygens (including phenoxy) is 1. The lowest BCUT2D eigenvalue weighted by Gasteiger charge is -2.28. The Kier molecular flexibility index (Phi) is 5.62. The maximum absolute atomic E-state index is 13.2. The van der Waals surface area contributed by atoms with E-state index in [1.54, 1.807) is 24.2 Å². The van der Waals surface area contributed by atoms with Gasteiger partial charge in [-0.1, -0.05) is 29.8 Å². The Hall–Kier alpha value is -2.41. The second-order valence-electron chi connectivity index (χ2n) is 6.92. The summed E-state index contributed by atoms with van der Waals surface area (Å²) in [5, 5.41) is 0.673. The van der Waals surface area contributed by atoms with E-state index >= 15 is 0 Å². The predicted molar refractivity (Wildman–Crippen MR) is 109 cm³/mol. The molecule has 28 heavy (non-hydrogen) atoms. The first kappa shape index (κ1) is 18.9. The lowest BCUT2D eigenvalue weighted by Crippen LogP contribution is -2.32. The monoisotopic (exact) mass is 398 g/mol. The van der Waals surface area contributed by atoms with E-state index in [9.17, 15) is 4.79 Å². The van der Waals surface area contributed by atoms with Crippen LogP contribution in [-0.4, -0.2) is 39.5 Å². The predicted octanol–water partition coefficient (Wildman–Crippen LogP) is 2.89. The molecule has 0 bridgehead atoms. The van der Waals surface area contributed by atoms with Crippen molar-refractivity contribution in [3.05, 3.63) is 81.0 Å². The molecule has 0 saturated heterocycles. The minimum atomic E-state index is 0.0684. The third-order valence-corrected chi connectivity index (χ3v) is 5.50. The van der Waals surface area contributed by atoms with Gasteiger partial charge in [-0.25, -0.2) is 4.68 Å². The fourth-order valence-electron chi connectivity index (χ4n) is 3.77. The van der Waals surface area contributed by atoms with Crippen LogP contribution in [0.2, 0.25) is 5.02 Å². The van der Waals surface area contributed by atoms with E-state index in [1.165, 1.54) is 0 Å². The molecule has 0 atom stereocenters. The van der Waals surface area contributed by atoms with E-state index in [2.05, 4.69) is 14.6 Å². The largest absolute Gasteiger partial charge is 0.383 e. The topological polar surface area (TPSA) is 52.3 Å². The van der Waals surface area contributed by atoms with Gasteiger partial charge in [0.2, 0.25) is 0 Å². The summed E-state index contributed by atoms with van der Waals surface area (Å²) in [4.78, 5) is 19.5. The second kappa shape index (κ2) is 8.31. The van der Waals surface area contributed by atoms with Crippen LogP contribution in [-0.2, 0) is 30.8 Å². The maximum Gasteiger partial charge on any atom is 0.274 e. The van der Waals surface area contributed by atoms with E-state index in [4.69, 9.17) is 16.3 Å². The molecule has 3 heterocycles. The van der Waals surface area contributed by atoms with Crippen LogP contribution in [0.3, 0.4) is 0 Å². The van der Waals surface area contributed by atoms with Gasteiger partial charge in [-0.2, -0.15) is 0 Å². The van der Waals surface area contributed by atoms with E-state index in [0.29, 0.717) is 24.7 Å². The lowest BCUT2D eigenvalue weighted by atomic mass is 10.1. The number of para-hydroxylation sites is 1. The Balaban J connectivity index is 1.70. The molecule has 1 aliphatic rings. The van der Waals surface area contributed by atoms with Crippen LogP contribution in [0.1, 0.15) is 16.8 Å². The summed E-state index contributed by atoms with van der Waals surface area (Å²) in [6.07, 6.45) is 4.16. The SMILES string of the molecule is COCCn1c2c(c(=O)n1-c1ccccc1)CCN(Cc1ccncc1Cl)C2. The molecular formula is C21H23ClN4O2. The Morgan fingerprint density at radius 3 is 2.79 bits per heavy atom. The van der Waals surface area contributed by atoms with Crippen molar-refractivity contribution < 1.29 is 4.74 Å². The minimum Gasteiger partial charge on any atom is -0.383 e. The van der Waals surface area contributed by atoms with E-state index in [1.807, 2.05) is 36.4 Å². The van der Waals surface area contributed by atoms with Crippen LogP contribution < -0.4 is 5.56 Å². The maximum atomic E-state index is 13.2. The second-order valence-corrected chi connectivity index (χ2v) is 7.33. The molecule has 6 nitrogen and oxygen atoms in total. The zero-order chi connectivity index (χ0) is 19.5. The van der Waals surface area contributed by atoms with Crippen LogP contribution in [0, 0.1) is 0 Å². The molecule has 0 unspecified atom stereocenters. The Labute approximate surface area is 168 Å². The lowest BCUT2D eigenvalue weighted by molar-refractivity contribution is 0.175. The summed E-state index contributed by atoms with van der Waals surface area (Å²) in [5.41, 5.74) is 3.95. The van der Waals surface area contributed by atoms with E-state index < -0.39 is 0 Å². The van der Waals surface area contributed by atoms with Gasteiger partial charge in [0.25, 0.3) is 5.56 Å². The summed E-state index contributed by atoms with van der Waals surface area (Å²) in [6.45, 7) is 3.43. The van der Waals surface area contributed by atoms with Gasteiger partial charge in [-0.3, -0.25) is 19.4 Å². The number of benzene rings is 1. The van der Waals surface area contributed by atoms with Crippen molar-refractivity contribution in [3.63, 3.8) is 0 Å². The highest BCUT2D eigenvalue weighted by Gasteiger charge is 2.27. The number of halogens is 1. The number of aromatic nitrogens is 3. The average Bonchev–Trinajstić information content (AvgIpc) is 3.00. The van der Waals surface area contributed by atoms with E-state index in [-0.39, 0.29) is 5.56 Å². The summed E-state index contributed by atoms with van der Waals surface area (Å²) in [6, 6.07) is 11.7. The van der Waals surface area contributed by atoms with Gasteiger partial charge >= 0.3 is 0 Å². The van der Waals surface area contributed by atoms with Gasteiger partial charge < -0.3 is 4.74 Å². The highest BCUT2D eigenvalue weighted by Crippen LogP contribution is 2.23. The molecule has 0 amide bonds. The molecule has 2 aromatic heterocycles. The van der Waals surface area contributed by atoms with Gasteiger partial charge in [-0.05, 0) is 30.2 Å². The van der Waals surface area contributed by atoms with Crippen molar-refractivity contribution in [2.24, 2.45) is 0 Å². The molecule has 0 aliphatic carbocycles. The summed E-state index contributed by atoms with van der Waals surface area (Å²) < 4.78 is 9.15. The minimum absolute atomic E-state index is 0.0684. The van der Waals surface area contributed by atoms with Crippen LogP contribution >= 0.6 is 11.6 Å². The number of methoxy groups -OCH3 is 1. The molecule has 0 N–H and O–H groups in total. The molecule has 1 aromatic carbocycles. The van der Waals surface area contributed by atoms with Crippen molar-refractivity contribution in [2.75, 3.05) is 20.3 Å². The highest BCUT2D eigenvalue weighted by atomic mass is 35.5. The molecule has 3 aromatic rings. The van der Waals surface area contributed by atoms with Crippen LogP contribution in [0.5, 0.6) is 0 Å². The third kappa shape index (κ3) is 3.63. The van der Waals surface area contributed by atoms with Crippen LogP contribution in [0.4, 0.5) is 0 Å². The standard InChI is InChI=1S/C21H23ClN4O2/c1-28-12-11-25-20-15-24(14-16-7-9-23-13-19(16)22)10-8-18(20)21(27)26(25)17-5-3-2-4-6-17/h2-7,9,13H,8,10-12,14-15H2,1H3. The van der Waals surface area contributed by atoms with Crippen molar-refractivity contribution in [2.45, 2.75) is 26.1 Å². The summed E-state index contributed by atoms with van der Waals surface area (Å²) in [5.74, 6) is 0. The number of fused-ring (bicyclic) bond motifs is 1. The Bertz CT molecular complexity index is 1010. The summed E-state index contributed by atoms with van der Waals surface area (Å²) >= 11 is 6.29. The van der Waals surface area contributed by atoms with Crippen molar-refractivity contribution in [3.8, 4) is 5.69 Å². The normalized spacial score (nSPS) is 14.2. The number of hydrogen-bond donors (Lipinski definition) is 0. The van der Waals surface area contributed by atoms with Crippen LogP contribution in [0.15, 0.2) is 53.6 Å². The smallest absolute Gasteiger partial charge is 0.274 e. The fourth-order valence-corrected chi connectivity index (χ4v) is 3.95. The number of pyridine rings is 1. The molecule has 7 heteroatoms. The fraction of sp³-hybridized carbons (Fsp3) is 0.333. The van der Waals surface area contributed by atoms with Gasteiger partial charge in [0, 0.05) is 44.7 Å². The summed E-state index contributed by atoms with van der Waals surface area (Å²) in [7, 11) is 1.68. The third-order valence-electron chi connectivity index (χ3n) is 5.16. The van der Waals surface area contributed by atoms with Gasteiger partial charge in [-0.15, -0.1) is 0 Å². The van der Waals surface area contributed by atoms with Crippen LogP contribution in [0.25, 0.3) is 5.69 Å². The number of hydrogen-bond acceptors (Lipinski definition) is 4. The first-order valence-electron chi connectivity index (χ1n) is 9.37. The Morgan fingerprint density at radius 1 is 1.21 bits per heavy atom. The molecule has 0 fully saturated rings. The zero-order valence-electron chi connectivity index (χ0n) is 15.8. The quantitative estimate of drug-likeness (QED) is 0.640. The first-order chi connectivity index (χ1) is 13.7. The first-order valence-corrected chi connectivity index (χ1v) is 9.75. The molecule has 0 spiro atoms.